The minimum atomic E-state index is -1.13. The Bertz CT molecular complexity index is 83.0. The number of hydrogen-bond acceptors (Lipinski definition) is 0. The van der Waals surface area contributed by atoms with Crippen molar-refractivity contribution in [3.8, 4) is 0 Å². The van der Waals surface area contributed by atoms with E-state index >= 15 is 0 Å². The van der Waals surface area contributed by atoms with Crippen LogP contribution < -0.4 is 0 Å². The summed E-state index contributed by atoms with van der Waals surface area (Å²) in [6.45, 7) is 10.1. The average Bonchev–Trinajstić information content (AvgIpc) is 1.62. The van der Waals surface area contributed by atoms with E-state index in [0.29, 0.717) is 5.04 Å². The van der Waals surface area contributed by atoms with Crippen LogP contribution in [-0.4, -0.2) is 8.11 Å². The van der Waals surface area contributed by atoms with E-state index in [0.717, 1.165) is 0 Å². The smallest absolute Gasteiger partial charge is 0.166 e. The summed E-state index contributed by atoms with van der Waals surface area (Å²) in [5.41, 5.74) is 1.90. The molecule has 0 rings (SSSR count). The van der Waals surface area contributed by atoms with Gasteiger partial charge in [-0.05, 0) is 5.04 Å². The fourth-order valence-corrected chi connectivity index (χ4v) is 1.06. The van der Waals surface area contributed by atoms with Gasteiger partial charge in [0, 0.05) is 0 Å². The predicted molar refractivity (Wildman–Crippen MR) is 42.9 cm³/mol. The molecule has 1 unspecified atom stereocenters. The van der Waals surface area contributed by atoms with Crippen molar-refractivity contribution in [1.82, 2.24) is 0 Å². The van der Waals surface area contributed by atoms with Gasteiger partial charge in [-0.2, -0.15) is 11.1 Å². The number of hydrogen-bond donors (Lipinski definition) is 0. The first-order chi connectivity index (χ1) is 3.48. The first-order valence-corrected chi connectivity index (χ1v) is 5.74. The summed E-state index contributed by atoms with van der Waals surface area (Å²) in [5, 5.41) is 0.295. The van der Waals surface area contributed by atoms with Crippen molar-refractivity contribution in [2.24, 2.45) is 0 Å². The van der Waals surface area contributed by atoms with Gasteiger partial charge in [-0.25, -0.2) is 0 Å². The lowest BCUT2D eigenvalue weighted by Crippen LogP contribution is -2.15. The third-order valence-electron chi connectivity index (χ3n) is 1.03. The van der Waals surface area contributed by atoms with Crippen LogP contribution in [0.5, 0.6) is 0 Å². The largest absolute Gasteiger partial charge is 0.169 e. The van der Waals surface area contributed by atoms with Crippen LogP contribution in [0.2, 0.25) is 5.04 Å². The monoisotopic (exact) mass is 148 g/mol. The molecule has 0 saturated heterocycles. The molecule has 0 amide bonds. The van der Waals surface area contributed by atoms with Gasteiger partial charge in [0.05, 0.1) is 0 Å². The molecule has 48 valence electrons. The number of halogens is 1. The molecule has 0 aliphatic rings. The Morgan fingerprint density at radius 3 is 1.88 bits per heavy atom. The minimum absolute atomic E-state index is 0.295. The highest BCUT2D eigenvalue weighted by Crippen LogP contribution is 2.29. The van der Waals surface area contributed by atoms with Crippen molar-refractivity contribution in [3.63, 3.8) is 0 Å². The van der Waals surface area contributed by atoms with Gasteiger partial charge in [0.2, 0.25) is 0 Å². The second kappa shape index (κ2) is 2.69. The van der Waals surface area contributed by atoms with Crippen molar-refractivity contribution in [2.75, 3.05) is 0 Å². The van der Waals surface area contributed by atoms with Crippen molar-refractivity contribution in [2.45, 2.75) is 25.8 Å². The van der Waals surface area contributed by atoms with Gasteiger partial charge in [-0.15, -0.1) is 6.58 Å². The van der Waals surface area contributed by atoms with E-state index in [1.165, 1.54) is 0 Å². The molecular weight excluding hydrogens is 136 g/mol. The minimum Gasteiger partial charge on any atom is -0.166 e. The molecule has 8 heavy (non-hydrogen) atoms. The summed E-state index contributed by atoms with van der Waals surface area (Å²) in [6, 6.07) is 0. The van der Waals surface area contributed by atoms with E-state index in [4.69, 9.17) is 11.1 Å². The number of rotatable bonds is 1. The summed E-state index contributed by atoms with van der Waals surface area (Å²) in [5.74, 6) is 0. The highest BCUT2D eigenvalue weighted by Gasteiger charge is 2.20. The third-order valence-corrected chi connectivity index (χ3v) is 5.60. The first kappa shape index (κ1) is 8.25. The molecule has 0 spiro atoms. The molecule has 1 atom stereocenters. The van der Waals surface area contributed by atoms with Crippen molar-refractivity contribution in [3.05, 3.63) is 12.3 Å². The van der Waals surface area contributed by atoms with Gasteiger partial charge in [0.25, 0.3) is 0 Å². The van der Waals surface area contributed by atoms with E-state index in [1.54, 1.807) is 0 Å². The van der Waals surface area contributed by atoms with Crippen LogP contribution in [-0.2, 0) is 0 Å². The lowest BCUT2D eigenvalue weighted by molar-refractivity contribution is 0.754. The van der Waals surface area contributed by atoms with Crippen molar-refractivity contribution in [1.29, 1.82) is 0 Å². The van der Waals surface area contributed by atoms with Gasteiger partial charge in [0.1, 0.15) is 0 Å². The molecule has 0 aromatic heterocycles. The Balaban J connectivity index is 3.80. The summed E-state index contributed by atoms with van der Waals surface area (Å²) in [6.07, 6.45) is 0. The maximum Gasteiger partial charge on any atom is 0.169 e. The van der Waals surface area contributed by atoms with E-state index in [1.807, 2.05) is 5.70 Å². The zero-order chi connectivity index (χ0) is 6.78. The Morgan fingerprint density at radius 1 is 1.50 bits per heavy atom. The van der Waals surface area contributed by atoms with E-state index in [9.17, 15) is 0 Å². The molecule has 0 bridgehead atoms. The lowest BCUT2D eigenvalue weighted by atomic mass is 10.3. The molecule has 0 aromatic carbocycles. The maximum atomic E-state index is 5.96. The Labute approximate surface area is 57.9 Å². The highest BCUT2D eigenvalue weighted by molar-refractivity contribution is 7.11. The van der Waals surface area contributed by atoms with Crippen molar-refractivity contribution < 1.29 is 0 Å². The van der Waals surface area contributed by atoms with Crippen LogP contribution in [0, 0.1) is 0 Å². The molecule has 0 aliphatic carbocycles. The fourth-order valence-electron chi connectivity index (χ4n) is 0.354. The molecule has 0 aliphatic heterocycles. The molecule has 0 saturated carbocycles. The normalized spacial score (nSPS) is 15.5. The third kappa shape index (κ3) is 2.53. The van der Waals surface area contributed by atoms with E-state index < -0.39 is 8.11 Å². The zero-order valence-corrected chi connectivity index (χ0v) is 7.65. The molecule has 0 aromatic rings. The second-order valence-electron chi connectivity index (χ2n) is 3.00. The van der Waals surface area contributed by atoms with E-state index in [-0.39, 0.29) is 0 Å². The SMILES string of the molecule is C=C[SiH](Cl)C(C)(C)C. The van der Waals surface area contributed by atoms with Crippen LogP contribution in [0.25, 0.3) is 0 Å². The molecule has 0 nitrogen and oxygen atoms in total. The zero-order valence-electron chi connectivity index (χ0n) is 5.74. The average molecular weight is 149 g/mol. The van der Waals surface area contributed by atoms with Gasteiger partial charge >= 0.3 is 0 Å². The maximum absolute atomic E-state index is 5.96. The summed E-state index contributed by atoms with van der Waals surface area (Å²) in [7, 11) is -1.13. The molecule has 0 heterocycles. The quantitative estimate of drug-likeness (QED) is 0.396. The van der Waals surface area contributed by atoms with Crippen LogP contribution in [0.4, 0.5) is 0 Å². The van der Waals surface area contributed by atoms with Gasteiger partial charge in [0.15, 0.2) is 8.11 Å². The van der Waals surface area contributed by atoms with Crippen LogP contribution in [0.3, 0.4) is 0 Å². The van der Waals surface area contributed by atoms with Gasteiger partial charge in [-0.3, -0.25) is 0 Å². The van der Waals surface area contributed by atoms with Crippen LogP contribution in [0.15, 0.2) is 12.3 Å². The van der Waals surface area contributed by atoms with Crippen LogP contribution >= 0.6 is 11.1 Å². The molecular formula is C6H13ClSi. The molecule has 0 N–H and O–H groups in total. The highest BCUT2D eigenvalue weighted by atomic mass is 35.6. The summed E-state index contributed by atoms with van der Waals surface area (Å²) < 4.78 is 0. The second-order valence-corrected chi connectivity index (χ2v) is 7.42. The van der Waals surface area contributed by atoms with E-state index in [2.05, 4.69) is 27.4 Å². The Kier molecular flexibility index (Phi) is 2.78. The van der Waals surface area contributed by atoms with Crippen LogP contribution in [0.1, 0.15) is 20.8 Å². The Hall–Kier alpha value is 0.247. The molecule has 0 fully saturated rings. The Morgan fingerprint density at radius 2 is 1.88 bits per heavy atom. The standard InChI is InChI=1S/C6H13ClSi/c1-5-8(7)6(2,3)4/h5,8H,1H2,2-4H3. The summed E-state index contributed by atoms with van der Waals surface area (Å²) >= 11 is 5.96. The predicted octanol–water partition coefficient (Wildman–Crippen LogP) is 2.47. The summed E-state index contributed by atoms with van der Waals surface area (Å²) in [4.78, 5) is 0. The topological polar surface area (TPSA) is 0 Å². The van der Waals surface area contributed by atoms with Gasteiger partial charge in [-0.1, -0.05) is 26.5 Å². The fraction of sp³-hybridized carbons (Fsp3) is 0.667. The van der Waals surface area contributed by atoms with Gasteiger partial charge < -0.3 is 0 Å². The van der Waals surface area contributed by atoms with Crippen molar-refractivity contribution >= 4 is 19.2 Å². The lowest BCUT2D eigenvalue weighted by Gasteiger charge is -2.19. The molecule has 2 heteroatoms. The molecule has 0 radical (unpaired) electrons. The first-order valence-electron chi connectivity index (χ1n) is 2.75.